The second kappa shape index (κ2) is 5.50. The van der Waals surface area contributed by atoms with E-state index < -0.39 is 15.6 Å². The van der Waals surface area contributed by atoms with Crippen LogP contribution >= 0.6 is 0 Å². The first kappa shape index (κ1) is 15.5. The summed E-state index contributed by atoms with van der Waals surface area (Å²) >= 11 is 0. The van der Waals surface area contributed by atoms with Gasteiger partial charge in [-0.2, -0.15) is 0 Å². The lowest BCUT2D eigenvalue weighted by Gasteiger charge is -2.19. The van der Waals surface area contributed by atoms with Crippen LogP contribution in [0.25, 0.3) is 0 Å². The first-order valence-corrected chi connectivity index (χ1v) is 8.66. The van der Waals surface area contributed by atoms with Gasteiger partial charge in [0.25, 0.3) is 0 Å². The van der Waals surface area contributed by atoms with Crippen LogP contribution in [0, 0.1) is 0 Å². The molecule has 2 rings (SSSR count). The van der Waals surface area contributed by atoms with Gasteiger partial charge in [-0.3, -0.25) is 0 Å². The van der Waals surface area contributed by atoms with Crippen LogP contribution in [-0.2, 0) is 23.1 Å². The van der Waals surface area contributed by atoms with E-state index in [2.05, 4.69) is 10.0 Å². The monoisotopic (exact) mass is 299 g/mol. The van der Waals surface area contributed by atoms with Crippen molar-refractivity contribution >= 4 is 10.0 Å². The number of hydrogen-bond acceptors (Lipinski definition) is 3. The fourth-order valence-electron chi connectivity index (χ4n) is 2.11. The van der Waals surface area contributed by atoms with Gasteiger partial charge in [-0.05, 0) is 46.6 Å². The van der Waals surface area contributed by atoms with Crippen molar-refractivity contribution in [2.75, 3.05) is 0 Å². The minimum atomic E-state index is -3.45. The molecule has 1 aromatic rings. The third kappa shape index (κ3) is 4.07. The Hall–Kier alpha value is -0.850. The van der Waals surface area contributed by atoms with E-state index in [-0.39, 0.29) is 0 Å². The zero-order valence-electron chi connectivity index (χ0n) is 12.7. The van der Waals surface area contributed by atoms with Gasteiger partial charge in [-0.25, -0.2) is 13.1 Å². The van der Waals surface area contributed by atoms with Crippen molar-refractivity contribution in [1.29, 1.82) is 0 Å². The Morgan fingerprint density at radius 3 is 2.50 bits per heavy atom. The van der Waals surface area contributed by atoms with Gasteiger partial charge in [0.1, 0.15) is 0 Å². The Balaban J connectivity index is 2.18. The Bertz CT molecular complexity index is 566. The van der Waals surface area contributed by atoms with Crippen molar-refractivity contribution in [2.45, 2.75) is 70.1 Å². The molecule has 0 radical (unpaired) electrons. The van der Waals surface area contributed by atoms with Gasteiger partial charge in [0.05, 0.1) is 4.90 Å². The van der Waals surface area contributed by atoms with Crippen molar-refractivity contribution in [3.05, 3.63) is 18.0 Å². The Morgan fingerprint density at radius 1 is 1.35 bits per heavy atom. The molecule has 1 heterocycles. The summed E-state index contributed by atoms with van der Waals surface area (Å²) in [6.07, 6.45) is 4.17. The van der Waals surface area contributed by atoms with Crippen molar-refractivity contribution in [3.63, 3.8) is 0 Å². The molecule has 5 nitrogen and oxygen atoms in total. The Kier molecular flexibility index (Phi) is 4.27. The molecule has 0 aromatic carbocycles. The highest BCUT2D eigenvalue weighted by Gasteiger charge is 2.25. The number of rotatable bonds is 6. The molecular formula is C14H25N3O2S. The van der Waals surface area contributed by atoms with Gasteiger partial charge < -0.3 is 9.88 Å². The zero-order chi connectivity index (χ0) is 15.0. The van der Waals surface area contributed by atoms with E-state index in [0.29, 0.717) is 10.9 Å². The average Bonchev–Trinajstić information content (AvgIpc) is 3.01. The molecule has 1 aliphatic carbocycles. The molecule has 20 heavy (non-hydrogen) atoms. The first-order chi connectivity index (χ1) is 9.21. The SMILES string of the molecule is CCn1cc(S(=O)(=O)NC(C)(C)C)cc1CNC1CC1. The highest BCUT2D eigenvalue weighted by molar-refractivity contribution is 7.89. The van der Waals surface area contributed by atoms with E-state index in [1.165, 1.54) is 12.8 Å². The van der Waals surface area contributed by atoms with Crippen LogP contribution in [0.5, 0.6) is 0 Å². The van der Waals surface area contributed by atoms with E-state index in [1.807, 2.05) is 32.3 Å². The maximum Gasteiger partial charge on any atom is 0.242 e. The molecule has 0 aliphatic heterocycles. The Morgan fingerprint density at radius 2 is 2.00 bits per heavy atom. The molecule has 1 aromatic heterocycles. The summed E-state index contributed by atoms with van der Waals surface area (Å²) in [4.78, 5) is 0.349. The normalized spacial score (nSPS) is 16.6. The zero-order valence-corrected chi connectivity index (χ0v) is 13.5. The van der Waals surface area contributed by atoms with Gasteiger partial charge >= 0.3 is 0 Å². The van der Waals surface area contributed by atoms with Gasteiger partial charge in [0, 0.05) is 36.6 Å². The van der Waals surface area contributed by atoms with Crippen LogP contribution in [0.2, 0.25) is 0 Å². The lowest BCUT2D eigenvalue weighted by atomic mass is 10.1. The minimum absolute atomic E-state index is 0.349. The second-order valence-corrected chi connectivity index (χ2v) is 8.15. The van der Waals surface area contributed by atoms with Crippen LogP contribution < -0.4 is 10.0 Å². The van der Waals surface area contributed by atoms with Crippen LogP contribution in [0.1, 0.15) is 46.2 Å². The number of nitrogens with one attached hydrogen (secondary N) is 2. The smallest absolute Gasteiger partial charge is 0.242 e. The second-order valence-electron chi connectivity index (χ2n) is 6.46. The van der Waals surface area contributed by atoms with Crippen molar-refractivity contribution in [3.8, 4) is 0 Å². The maximum absolute atomic E-state index is 12.3. The van der Waals surface area contributed by atoms with Gasteiger partial charge in [-0.15, -0.1) is 0 Å². The summed E-state index contributed by atoms with van der Waals surface area (Å²) in [6, 6.07) is 2.38. The van der Waals surface area contributed by atoms with Crippen molar-refractivity contribution in [2.24, 2.45) is 0 Å². The molecular weight excluding hydrogens is 274 g/mol. The van der Waals surface area contributed by atoms with Crippen LogP contribution in [0.15, 0.2) is 17.2 Å². The lowest BCUT2D eigenvalue weighted by molar-refractivity contribution is 0.491. The number of aromatic nitrogens is 1. The van der Waals surface area contributed by atoms with E-state index >= 15 is 0 Å². The molecule has 0 atom stereocenters. The summed E-state index contributed by atoms with van der Waals surface area (Å²) in [6.45, 7) is 9.05. The summed E-state index contributed by atoms with van der Waals surface area (Å²) < 4.78 is 29.4. The number of nitrogens with zero attached hydrogens (tertiary/aromatic N) is 1. The van der Waals surface area contributed by atoms with Crippen molar-refractivity contribution in [1.82, 2.24) is 14.6 Å². The van der Waals surface area contributed by atoms with E-state index in [9.17, 15) is 8.42 Å². The topological polar surface area (TPSA) is 63.1 Å². The predicted octanol–water partition coefficient (Wildman–Crippen LogP) is 1.84. The molecule has 2 N–H and O–H groups in total. The fraction of sp³-hybridized carbons (Fsp3) is 0.714. The van der Waals surface area contributed by atoms with Gasteiger partial charge in [0.15, 0.2) is 0 Å². The summed E-state index contributed by atoms with van der Waals surface area (Å²) in [5, 5.41) is 3.42. The molecule has 0 unspecified atom stereocenters. The fourth-order valence-corrected chi connectivity index (χ4v) is 3.59. The minimum Gasteiger partial charge on any atom is -0.349 e. The quantitative estimate of drug-likeness (QED) is 0.842. The molecule has 0 saturated heterocycles. The highest BCUT2D eigenvalue weighted by atomic mass is 32.2. The van der Waals surface area contributed by atoms with Gasteiger partial charge in [0.2, 0.25) is 10.0 Å². The third-order valence-corrected chi connectivity index (χ3v) is 4.93. The first-order valence-electron chi connectivity index (χ1n) is 7.18. The number of hydrogen-bond donors (Lipinski definition) is 2. The van der Waals surface area contributed by atoms with Crippen molar-refractivity contribution < 1.29 is 8.42 Å². The molecule has 1 fully saturated rings. The molecule has 6 heteroatoms. The van der Waals surface area contributed by atoms with Crippen LogP contribution in [0.3, 0.4) is 0 Å². The van der Waals surface area contributed by atoms with Crippen LogP contribution in [0.4, 0.5) is 0 Å². The third-order valence-electron chi connectivity index (χ3n) is 3.20. The van der Waals surface area contributed by atoms with E-state index in [0.717, 1.165) is 18.8 Å². The standard InChI is InChI=1S/C14H25N3O2S/c1-5-17-10-13(20(18,19)16-14(2,3)4)8-12(17)9-15-11-6-7-11/h8,10-11,15-16H,5-7,9H2,1-4H3. The van der Waals surface area contributed by atoms with Gasteiger partial charge in [-0.1, -0.05) is 0 Å². The van der Waals surface area contributed by atoms with E-state index in [4.69, 9.17) is 0 Å². The molecule has 0 bridgehead atoms. The predicted molar refractivity (Wildman–Crippen MR) is 80.0 cm³/mol. The summed E-state index contributed by atoms with van der Waals surface area (Å²) in [7, 11) is -3.45. The number of aryl methyl sites for hydroxylation is 1. The summed E-state index contributed by atoms with van der Waals surface area (Å²) in [5.74, 6) is 0. The average molecular weight is 299 g/mol. The Labute approximate surface area is 121 Å². The number of sulfonamides is 1. The largest absolute Gasteiger partial charge is 0.349 e. The highest BCUT2D eigenvalue weighted by Crippen LogP contribution is 2.21. The molecule has 0 amide bonds. The molecule has 114 valence electrons. The van der Waals surface area contributed by atoms with Crippen LogP contribution in [-0.4, -0.2) is 24.6 Å². The van der Waals surface area contributed by atoms with E-state index in [1.54, 1.807) is 12.3 Å². The lowest BCUT2D eigenvalue weighted by Crippen LogP contribution is -2.40. The maximum atomic E-state index is 12.3. The molecule has 1 saturated carbocycles. The summed E-state index contributed by atoms with van der Waals surface area (Å²) in [5.41, 5.74) is 0.549. The molecule has 1 aliphatic rings. The molecule has 0 spiro atoms.